The molecular weight excluding hydrogens is 376 g/mol. The third-order valence-corrected chi connectivity index (χ3v) is 4.66. The van der Waals surface area contributed by atoms with Gasteiger partial charge in [0.25, 0.3) is 10.0 Å². The SMILES string of the molecule is O=S(=O)(Nc1cc(Cl)ccc1Br)c1ccc(F)c(F)c1. The zero-order valence-corrected chi connectivity index (χ0v) is 12.9. The van der Waals surface area contributed by atoms with Crippen LogP contribution in [0.25, 0.3) is 0 Å². The highest BCUT2D eigenvalue weighted by Crippen LogP contribution is 2.28. The Bertz CT molecular complexity index is 768. The third-order valence-electron chi connectivity index (χ3n) is 2.37. The molecule has 2 aromatic carbocycles. The molecule has 0 spiro atoms. The van der Waals surface area contributed by atoms with Crippen molar-refractivity contribution in [2.75, 3.05) is 4.72 Å². The number of benzene rings is 2. The lowest BCUT2D eigenvalue weighted by Gasteiger charge is -2.10. The highest BCUT2D eigenvalue weighted by molar-refractivity contribution is 9.10. The van der Waals surface area contributed by atoms with Gasteiger partial charge in [0, 0.05) is 9.50 Å². The Labute approximate surface area is 127 Å². The molecule has 1 N–H and O–H groups in total. The summed E-state index contributed by atoms with van der Waals surface area (Å²) in [5.41, 5.74) is 0.197. The summed E-state index contributed by atoms with van der Waals surface area (Å²) in [7, 11) is -4.04. The summed E-state index contributed by atoms with van der Waals surface area (Å²) in [4.78, 5) is -0.386. The average Bonchev–Trinajstić information content (AvgIpc) is 2.36. The van der Waals surface area contributed by atoms with Crippen molar-refractivity contribution < 1.29 is 17.2 Å². The predicted molar refractivity (Wildman–Crippen MR) is 76.3 cm³/mol. The summed E-state index contributed by atoms with van der Waals surface area (Å²) in [6, 6.07) is 6.85. The number of hydrogen-bond acceptors (Lipinski definition) is 2. The summed E-state index contributed by atoms with van der Waals surface area (Å²) < 4.78 is 52.7. The molecule has 0 saturated carbocycles. The van der Waals surface area contributed by atoms with E-state index in [-0.39, 0.29) is 10.6 Å². The van der Waals surface area contributed by atoms with Crippen LogP contribution in [0.2, 0.25) is 5.02 Å². The first kappa shape index (κ1) is 15.2. The van der Waals surface area contributed by atoms with E-state index in [9.17, 15) is 17.2 Å². The highest BCUT2D eigenvalue weighted by atomic mass is 79.9. The lowest BCUT2D eigenvalue weighted by Crippen LogP contribution is -2.13. The van der Waals surface area contributed by atoms with Crippen molar-refractivity contribution in [2.45, 2.75) is 4.90 Å². The van der Waals surface area contributed by atoms with Gasteiger partial charge in [-0.2, -0.15) is 0 Å². The van der Waals surface area contributed by atoms with E-state index in [1.165, 1.54) is 6.07 Å². The number of sulfonamides is 1. The van der Waals surface area contributed by atoms with E-state index in [0.717, 1.165) is 12.1 Å². The van der Waals surface area contributed by atoms with Gasteiger partial charge < -0.3 is 0 Å². The Balaban J connectivity index is 2.40. The smallest absolute Gasteiger partial charge is 0.262 e. The Morgan fingerprint density at radius 3 is 2.40 bits per heavy atom. The molecule has 8 heteroatoms. The van der Waals surface area contributed by atoms with Crippen LogP contribution >= 0.6 is 27.5 Å². The van der Waals surface area contributed by atoms with Crippen molar-refractivity contribution in [1.82, 2.24) is 0 Å². The molecular formula is C12H7BrClF2NO2S. The van der Waals surface area contributed by atoms with Gasteiger partial charge in [-0.05, 0) is 52.3 Å². The minimum Gasteiger partial charge on any atom is -0.278 e. The minimum absolute atomic E-state index is 0.197. The molecule has 0 radical (unpaired) electrons. The van der Waals surface area contributed by atoms with Gasteiger partial charge >= 0.3 is 0 Å². The molecule has 0 aliphatic carbocycles. The van der Waals surface area contributed by atoms with Crippen molar-refractivity contribution in [3.63, 3.8) is 0 Å². The molecule has 3 nitrogen and oxygen atoms in total. The number of rotatable bonds is 3. The lowest BCUT2D eigenvalue weighted by atomic mass is 10.3. The monoisotopic (exact) mass is 381 g/mol. The van der Waals surface area contributed by atoms with E-state index in [4.69, 9.17) is 11.6 Å². The van der Waals surface area contributed by atoms with Crippen LogP contribution < -0.4 is 4.72 Å². The first-order valence-corrected chi connectivity index (χ1v) is 7.88. The van der Waals surface area contributed by atoms with Gasteiger partial charge in [0.05, 0.1) is 10.6 Å². The summed E-state index contributed by atoms with van der Waals surface area (Å²) in [5, 5.41) is 0.330. The largest absolute Gasteiger partial charge is 0.278 e. The summed E-state index contributed by atoms with van der Waals surface area (Å²) in [5.74, 6) is -2.36. The van der Waals surface area contributed by atoms with Gasteiger partial charge in [-0.1, -0.05) is 11.6 Å². The lowest BCUT2D eigenvalue weighted by molar-refractivity contribution is 0.504. The number of anilines is 1. The van der Waals surface area contributed by atoms with Crippen LogP contribution in [0, 0.1) is 11.6 Å². The third kappa shape index (κ3) is 3.28. The first-order valence-electron chi connectivity index (χ1n) is 5.22. The quantitative estimate of drug-likeness (QED) is 0.865. The number of halogens is 4. The zero-order valence-electron chi connectivity index (χ0n) is 9.70. The molecule has 0 atom stereocenters. The van der Waals surface area contributed by atoms with Crippen LogP contribution in [0.1, 0.15) is 0 Å². The van der Waals surface area contributed by atoms with Crippen molar-refractivity contribution in [1.29, 1.82) is 0 Å². The van der Waals surface area contributed by atoms with Gasteiger partial charge in [-0.3, -0.25) is 4.72 Å². The van der Waals surface area contributed by atoms with Crippen LogP contribution in [0.3, 0.4) is 0 Å². The van der Waals surface area contributed by atoms with Crippen LogP contribution in [0.4, 0.5) is 14.5 Å². The summed E-state index contributed by atoms with van der Waals surface area (Å²) in [6.07, 6.45) is 0. The van der Waals surface area contributed by atoms with Crippen molar-refractivity contribution >= 4 is 43.2 Å². The van der Waals surface area contributed by atoms with E-state index in [0.29, 0.717) is 15.6 Å². The molecule has 0 amide bonds. The topological polar surface area (TPSA) is 46.2 Å². The maximum absolute atomic E-state index is 13.1. The fourth-order valence-corrected chi connectivity index (χ4v) is 3.15. The Morgan fingerprint density at radius 1 is 1.05 bits per heavy atom. The predicted octanol–water partition coefficient (Wildman–Crippen LogP) is 4.18. The Morgan fingerprint density at radius 2 is 1.75 bits per heavy atom. The van der Waals surface area contributed by atoms with E-state index in [1.807, 2.05) is 0 Å². The Hall–Kier alpha value is -1.18. The van der Waals surface area contributed by atoms with Crippen LogP contribution in [-0.4, -0.2) is 8.42 Å². The molecule has 0 saturated heterocycles. The fraction of sp³-hybridized carbons (Fsp3) is 0. The summed E-state index contributed by atoms with van der Waals surface area (Å²) in [6.45, 7) is 0. The fourth-order valence-electron chi connectivity index (χ4n) is 1.42. The molecule has 2 rings (SSSR count). The molecule has 0 unspecified atom stereocenters. The maximum atomic E-state index is 13.1. The molecule has 0 bridgehead atoms. The van der Waals surface area contributed by atoms with Gasteiger partial charge in [0.2, 0.25) is 0 Å². The summed E-state index contributed by atoms with van der Waals surface area (Å²) >= 11 is 8.93. The van der Waals surface area contributed by atoms with E-state index in [1.54, 1.807) is 12.1 Å². The first-order chi connectivity index (χ1) is 9.29. The Kier molecular flexibility index (Phi) is 4.31. The molecule has 0 aliphatic heterocycles. The molecule has 2 aromatic rings. The molecule has 0 aromatic heterocycles. The van der Waals surface area contributed by atoms with E-state index in [2.05, 4.69) is 20.7 Å². The second-order valence-corrected chi connectivity index (χ2v) is 6.78. The van der Waals surface area contributed by atoms with Gasteiger partial charge in [0.15, 0.2) is 11.6 Å². The van der Waals surface area contributed by atoms with Crippen LogP contribution in [0.15, 0.2) is 45.8 Å². The molecule has 106 valence electrons. The van der Waals surface area contributed by atoms with Crippen LogP contribution in [0.5, 0.6) is 0 Å². The maximum Gasteiger partial charge on any atom is 0.262 e. The molecule has 20 heavy (non-hydrogen) atoms. The molecule has 0 heterocycles. The molecule has 0 fully saturated rings. The zero-order chi connectivity index (χ0) is 14.9. The van der Waals surface area contributed by atoms with Gasteiger partial charge in [-0.25, -0.2) is 17.2 Å². The second kappa shape index (κ2) is 5.67. The van der Waals surface area contributed by atoms with Crippen molar-refractivity contribution in [2.24, 2.45) is 0 Å². The highest BCUT2D eigenvalue weighted by Gasteiger charge is 2.18. The second-order valence-electron chi connectivity index (χ2n) is 3.81. The minimum atomic E-state index is -4.04. The van der Waals surface area contributed by atoms with Gasteiger partial charge in [0.1, 0.15) is 0 Å². The number of hydrogen-bond donors (Lipinski definition) is 1. The van der Waals surface area contributed by atoms with Crippen molar-refractivity contribution in [3.8, 4) is 0 Å². The molecule has 0 aliphatic rings. The van der Waals surface area contributed by atoms with Crippen molar-refractivity contribution in [3.05, 3.63) is 57.5 Å². The van der Waals surface area contributed by atoms with Crippen LogP contribution in [-0.2, 0) is 10.0 Å². The van der Waals surface area contributed by atoms with E-state index < -0.39 is 21.7 Å². The number of nitrogens with one attached hydrogen (secondary N) is 1. The normalized spacial score (nSPS) is 11.4. The average molecular weight is 383 g/mol. The van der Waals surface area contributed by atoms with Gasteiger partial charge in [-0.15, -0.1) is 0 Å². The van der Waals surface area contributed by atoms with E-state index >= 15 is 0 Å². The standard InChI is InChI=1S/C12H7BrClF2NO2S/c13-9-3-1-7(14)5-12(9)17-20(18,19)8-2-4-10(15)11(16)6-8/h1-6,17H.